The number of ether oxygens (including phenoxy) is 2. The summed E-state index contributed by atoms with van der Waals surface area (Å²) in [7, 11) is -11.1. The molecule has 2 aliphatic heterocycles. The Kier molecular flexibility index (Phi) is 13.1. The van der Waals surface area contributed by atoms with Crippen LogP contribution in [0.25, 0.3) is 11.2 Å². The Morgan fingerprint density at radius 3 is 2.24 bits per heavy atom. The van der Waals surface area contributed by atoms with Crippen LogP contribution in [0.1, 0.15) is 6.23 Å². The fourth-order valence-electron chi connectivity index (χ4n) is 3.85. The first-order valence-corrected chi connectivity index (χ1v) is 13.9. The van der Waals surface area contributed by atoms with E-state index in [1.807, 2.05) is 0 Å². The van der Waals surface area contributed by atoms with Crippen LogP contribution in [0, 0.1) is 0 Å². The Hall–Kier alpha value is 0.0900. The van der Waals surface area contributed by atoms with Crippen LogP contribution in [0.3, 0.4) is 0 Å². The number of H-pyrrole nitrogens is 1. The minimum atomic E-state index is -5.60. The molecule has 21 nitrogen and oxygen atoms in total. The van der Waals surface area contributed by atoms with E-state index in [0.717, 1.165) is 10.9 Å². The summed E-state index contributed by atoms with van der Waals surface area (Å²) in [4.78, 5) is 41.7. The molecule has 2 fully saturated rings. The second kappa shape index (κ2) is 14.5. The summed E-state index contributed by atoms with van der Waals surface area (Å²) >= 11 is 0. The second-order valence-corrected chi connectivity index (χ2v) is 11.4. The number of fused-ring (bicyclic) bond motifs is 1. The van der Waals surface area contributed by atoms with E-state index >= 15 is 0 Å². The van der Waals surface area contributed by atoms with Crippen LogP contribution in [0.2, 0.25) is 0 Å². The molecular formula is C16H25N5Na2O16P2. The zero-order valence-electron chi connectivity index (χ0n) is 21.3. The average Bonchev–Trinajstić information content (AvgIpc) is 3.38. The minimum absolute atomic E-state index is 0. The number of phosphoric acid groups is 2. The SMILES string of the molecule is Nc1nc2c(ncn2[C@@H]2O[C@H](COP(=O)(O)OP(=O)(O)O[C@@H]3O[C@H](CO)[C@@H](O)[C@H](O)[C@H]3O)[C@@H](O)[C@H]2O)c(=O)[nH]1.[Na].[Na]. The Labute approximate surface area is 273 Å². The van der Waals surface area contributed by atoms with Crippen LogP contribution in [0.4, 0.5) is 5.95 Å². The zero-order valence-corrected chi connectivity index (χ0v) is 27.1. The standard InChI is InChI=1S/C16H25N5O16P2.2Na/c17-16-19-12-6(13(28)20-16)18-3-21(12)14-10(26)8(24)5(34-14)2-33-38(29,30)37-39(31,32)36-15-11(27)9(25)7(23)4(1-22)35-15;;/h3-5,7-11,14-15,22-27H,1-2H2,(H,29,30)(H,31,32)(H3,17,19,20,28);;/t4-,5-,7-,8-,9+,10-,11-,14-,15+;;/m1../s1. The van der Waals surface area contributed by atoms with E-state index in [-0.39, 0.29) is 76.2 Å². The fourth-order valence-corrected chi connectivity index (χ4v) is 6.01. The van der Waals surface area contributed by atoms with Crippen molar-refractivity contribution in [2.24, 2.45) is 0 Å². The van der Waals surface area contributed by atoms with E-state index < -0.39 is 89.7 Å². The number of hydrogen-bond acceptors (Lipinski definition) is 17. The predicted molar refractivity (Wildman–Crippen MR) is 132 cm³/mol. The molecule has 0 amide bonds. The quantitative estimate of drug-likeness (QED) is 0.0893. The van der Waals surface area contributed by atoms with Crippen LogP contribution in [-0.2, 0) is 32.0 Å². The van der Waals surface area contributed by atoms with Crippen molar-refractivity contribution in [3.8, 4) is 0 Å². The normalized spacial score (nSPS) is 34.8. The topological polar surface area (TPSA) is 332 Å². The van der Waals surface area contributed by atoms with Crippen LogP contribution in [0.15, 0.2) is 11.1 Å². The smallest absolute Gasteiger partial charge is 0.394 e. The molecule has 222 valence electrons. The largest absolute Gasteiger partial charge is 0.483 e. The van der Waals surface area contributed by atoms with E-state index in [2.05, 4.69) is 28.3 Å². The number of imidazole rings is 1. The van der Waals surface area contributed by atoms with Gasteiger partial charge in [0, 0.05) is 59.1 Å². The molecule has 2 aliphatic rings. The molecular weight excluding hydrogens is 626 g/mol. The maximum Gasteiger partial charge on any atom is 0.483 e. The summed E-state index contributed by atoms with van der Waals surface area (Å²) in [5.41, 5.74) is 4.54. The van der Waals surface area contributed by atoms with Crippen LogP contribution in [0.5, 0.6) is 0 Å². The van der Waals surface area contributed by atoms with Gasteiger partial charge in [-0.15, -0.1) is 0 Å². The number of aliphatic hydroxyl groups is 6. The van der Waals surface area contributed by atoms with Crippen molar-refractivity contribution >= 4 is 91.9 Å². The van der Waals surface area contributed by atoms with Gasteiger partial charge in [0.05, 0.1) is 19.5 Å². The first-order valence-electron chi connectivity index (χ1n) is 10.9. The summed E-state index contributed by atoms with van der Waals surface area (Å²) in [5, 5.41) is 59.2. The molecule has 4 rings (SSSR count). The molecule has 0 aliphatic carbocycles. The van der Waals surface area contributed by atoms with Crippen molar-refractivity contribution in [3.05, 3.63) is 16.7 Å². The number of nitrogens with two attached hydrogens (primary N) is 1. The average molecular weight is 651 g/mol. The molecule has 2 saturated heterocycles. The van der Waals surface area contributed by atoms with Crippen molar-refractivity contribution in [1.29, 1.82) is 0 Å². The Morgan fingerprint density at radius 2 is 1.61 bits per heavy atom. The third kappa shape index (κ3) is 8.23. The van der Waals surface area contributed by atoms with E-state index in [0.29, 0.717) is 0 Å². The van der Waals surface area contributed by atoms with Gasteiger partial charge in [-0.05, 0) is 0 Å². The molecule has 11 atom stereocenters. The zero-order chi connectivity index (χ0) is 28.9. The summed E-state index contributed by atoms with van der Waals surface area (Å²) in [6.45, 7) is -1.89. The van der Waals surface area contributed by atoms with Gasteiger partial charge >= 0.3 is 15.6 Å². The van der Waals surface area contributed by atoms with Gasteiger partial charge in [-0.3, -0.25) is 23.4 Å². The van der Waals surface area contributed by atoms with E-state index in [9.17, 15) is 49.2 Å². The molecule has 0 bridgehead atoms. The van der Waals surface area contributed by atoms with Crippen LogP contribution >= 0.6 is 15.6 Å². The Morgan fingerprint density at radius 1 is 0.976 bits per heavy atom. The number of aliphatic hydroxyl groups excluding tert-OH is 6. The number of anilines is 1. The number of aromatic nitrogens is 4. The third-order valence-corrected chi connectivity index (χ3v) is 8.36. The van der Waals surface area contributed by atoms with Gasteiger partial charge in [0.1, 0.15) is 42.7 Å². The van der Waals surface area contributed by atoms with Crippen molar-refractivity contribution < 1.29 is 72.4 Å². The summed E-state index contributed by atoms with van der Waals surface area (Å²) < 4.78 is 49.1. The molecule has 2 aromatic rings. The molecule has 4 heterocycles. The summed E-state index contributed by atoms with van der Waals surface area (Å²) in [6.07, 6.45) is -15.0. The van der Waals surface area contributed by atoms with Gasteiger partial charge in [-0.25, -0.2) is 14.1 Å². The summed E-state index contributed by atoms with van der Waals surface area (Å²) in [6, 6.07) is 0. The molecule has 0 spiro atoms. The maximum atomic E-state index is 12.3. The second-order valence-electron chi connectivity index (χ2n) is 8.44. The monoisotopic (exact) mass is 651 g/mol. The van der Waals surface area contributed by atoms with Gasteiger partial charge in [-0.2, -0.15) is 9.29 Å². The number of nitrogen functional groups attached to an aromatic ring is 1. The van der Waals surface area contributed by atoms with Crippen molar-refractivity contribution in [3.63, 3.8) is 0 Å². The first kappa shape index (κ1) is 37.3. The molecule has 25 heteroatoms. The number of nitrogens with zero attached hydrogens (tertiary/aromatic N) is 3. The number of nitrogens with one attached hydrogen (secondary N) is 1. The van der Waals surface area contributed by atoms with Crippen molar-refractivity contribution in [2.45, 2.75) is 55.2 Å². The van der Waals surface area contributed by atoms with E-state index in [1.54, 1.807) is 0 Å². The Balaban J connectivity index is 0.00000294. The maximum absolute atomic E-state index is 12.3. The number of aromatic amines is 1. The molecule has 0 saturated carbocycles. The van der Waals surface area contributed by atoms with Crippen molar-refractivity contribution in [2.75, 3.05) is 18.9 Å². The number of phosphoric ester groups is 2. The van der Waals surface area contributed by atoms with Gasteiger partial charge in [-0.1, -0.05) is 0 Å². The van der Waals surface area contributed by atoms with E-state index in [4.69, 9.17) is 20.3 Å². The van der Waals surface area contributed by atoms with Crippen LogP contribution in [-0.4, -0.2) is 181 Å². The van der Waals surface area contributed by atoms with Crippen LogP contribution < -0.4 is 11.3 Å². The predicted octanol–water partition coefficient (Wildman–Crippen LogP) is -5.39. The Bertz CT molecular complexity index is 1350. The molecule has 2 aromatic heterocycles. The van der Waals surface area contributed by atoms with Gasteiger partial charge in [0.15, 0.2) is 23.7 Å². The van der Waals surface area contributed by atoms with Gasteiger partial charge in [0.25, 0.3) is 5.56 Å². The van der Waals surface area contributed by atoms with Gasteiger partial charge in [0.2, 0.25) is 5.95 Å². The molecule has 0 aromatic carbocycles. The van der Waals surface area contributed by atoms with Gasteiger partial charge < -0.3 is 55.6 Å². The minimum Gasteiger partial charge on any atom is -0.394 e. The third-order valence-electron chi connectivity index (χ3n) is 5.76. The molecule has 2 radical (unpaired) electrons. The fraction of sp³-hybridized carbons (Fsp3) is 0.688. The number of hydrogen-bond donors (Lipinski definition) is 10. The summed E-state index contributed by atoms with van der Waals surface area (Å²) in [5.74, 6) is -0.278. The molecule has 41 heavy (non-hydrogen) atoms. The first-order chi connectivity index (χ1) is 18.1. The van der Waals surface area contributed by atoms with E-state index in [1.165, 1.54) is 0 Å². The molecule has 2 unspecified atom stereocenters. The van der Waals surface area contributed by atoms with Crippen molar-refractivity contribution in [1.82, 2.24) is 19.5 Å². The molecule has 11 N–H and O–H groups in total. The number of rotatable bonds is 9.